The number of halogens is 3. The highest BCUT2D eigenvalue weighted by molar-refractivity contribution is 6.02. The van der Waals surface area contributed by atoms with Crippen LogP contribution >= 0.6 is 0 Å². The Labute approximate surface area is 188 Å². The predicted octanol–water partition coefficient (Wildman–Crippen LogP) is 5.98. The molecule has 0 aromatic heterocycles. The number of cyclic esters (lactones) is 1. The van der Waals surface area contributed by atoms with E-state index in [0.717, 1.165) is 34.2 Å². The number of benzene rings is 3. The molecule has 0 bridgehead atoms. The third-order valence-electron chi connectivity index (χ3n) is 5.38. The molecule has 1 atom stereocenters. The standard InChI is InChI=1S/C26H20F3NO3/c27-26(28,29)23-13-11-20(19-9-5-2-6-10-19)16-21(23)12-14-24(31)30-22(17-33-25(30)32)15-18-7-3-1-4-8-18/h1-14,16,22H,15,17H2/b14-12+. The van der Waals surface area contributed by atoms with Gasteiger partial charge in [-0.15, -0.1) is 0 Å². The van der Waals surface area contributed by atoms with Gasteiger partial charge in [0.05, 0.1) is 11.6 Å². The van der Waals surface area contributed by atoms with Crippen molar-refractivity contribution in [3.05, 3.63) is 102 Å². The molecule has 0 spiro atoms. The van der Waals surface area contributed by atoms with Crippen LogP contribution in [0.15, 0.2) is 84.9 Å². The normalized spacial score (nSPS) is 16.3. The van der Waals surface area contributed by atoms with Gasteiger partial charge in [0.25, 0.3) is 5.91 Å². The summed E-state index contributed by atoms with van der Waals surface area (Å²) in [6, 6.07) is 21.5. The maximum absolute atomic E-state index is 13.6. The number of rotatable bonds is 5. The number of nitrogens with zero attached hydrogens (tertiary/aromatic N) is 1. The van der Waals surface area contributed by atoms with Gasteiger partial charge in [0.2, 0.25) is 0 Å². The van der Waals surface area contributed by atoms with E-state index in [2.05, 4.69) is 0 Å². The number of hydrogen-bond acceptors (Lipinski definition) is 3. The minimum atomic E-state index is -4.60. The number of carbonyl (C=O) groups excluding carboxylic acids is 2. The van der Waals surface area contributed by atoms with E-state index in [0.29, 0.717) is 12.0 Å². The molecular weight excluding hydrogens is 431 g/mol. The van der Waals surface area contributed by atoms with E-state index in [1.807, 2.05) is 36.4 Å². The smallest absolute Gasteiger partial charge is 0.417 e. The van der Waals surface area contributed by atoms with Gasteiger partial charge in [0, 0.05) is 6.08 Å². The third kappa shape index (κ3) is 5.14. The monoisotopic (exact) mass is 451 g/mol. The average molecular weight is 451 g/mol. The second kappa shape index (κ2) is 9.32. The van der Waals surface area contributed by atoms with Gasteiger partial charge >= 0.3 is 12.3 Å². The van der Waals surface area contributed by atoms with Crippen molar-refractivity contribution in [3.8, 4) is 11.1 Å². The van der Waals surface area contributed by atoms with Gasteiger partial charge in [0.1, 0.15) is 6.61 Å². The predicted molar refractivity (Wildman–Crippen MR) is 118 cm³/mol. The van der Waals surface area contributed by atoms with Crippen LogP contribution in [-0.4, -0.2) is 29.5 Å². The SMILES string of the molecule is O=C(/C=C/c1cc(-c2ccccc2)ccc1C(F)(F)F)N1C(=O)OCC1Cc1ccccc1. The van der Waals surface area contributed by atoms with Gasteiger partial charge < -0.3 is 4.74 Å². The Morgan fingerprint density at radius 3 is 2.30 bits per heavy atom. The molecule has 0 saturated carbocycles. The fourth-order valence-corrected chi connectivity index (χ4v) is 3.78. The van der Waals surface area contributed by atoms with Crippen molar-refractivity contribution in [3.63, 3.8) is 0 Å². The lowest BCUT2D eigenvalue weighted by molar-refractivity contribution is -0.137. The molecule has 2 amide bonds. The van der Waals surface area contributed by atoms with Crippen LogP contribution in [0.1, 0.15) is 16.7 Å². The molecule has 0 aliphatic carbocycles. The second-order valence-corrected chi connectivity index (χ2v) is 7.63. The highest BCUT2D eigenvalue weighted by Crippen LogP contribution is 2.35. The molecule has 33 heavy (non-hydrogen) atoms. The van der Waals surface area contributed by atoms with E-state index >= 15 is 0 Å². The fraction of sp³-hybridized carbons (Fsp3) is 0.154. The first-order chi connectivity index (χ1) is 15.8. The summed E-state index contributed by atoms with van der Waals surface area (Å²) < 4.78 is 45.7. The van der Waals surface area contributed by atoms with E-state index in [1.165, 1.54) is 12.1 Å². The average Bonchev–Trinajstić information content (AvgIpc) is 3.17. The van der Waals surface area contributed by atoms with E-state index in [9.17, 15) is 22.8 Å². The zero-order valence-electron chi connectivity index (χ0n) is 17.5. The Kier molecular flexibility index (Phi) is 6.31. The van der Waals surface area contributed by atoms with Crippen LogP contribution < -0.4 is 0 Å². The molecule has 0 N–H and O–H groups in total. The van der Waals surface area contributed by atoms with Crippen LogP contribution in [-0.2, 0) is 22.1 Å². The quantitative estimate of drug-likeness (QED) is 0.449. The van der Waals surface area contributed by atoms with E-state index < -0.39 is 29.8 Å². The molecule has 3 aromatic rings. The topological polar surface area (TPSA) is 46.6 Å². The number of hydrogen-bond donors (Lipinski definition) is 0. The number of imide groups is 1. The molecule has 168 valence electrons. The Morgan fingerprint density at radius 2 is 1.64 bits per heavy atom. The Balaban J connectivity index is 1.61. The number of ether oxygens (including phenoxy) is 1. The van der Waals surface area contributed by atoms with Crippen molar-refractivity contribution in [1.29, 1.82) is 0 Å². The first-order valence-corrected chi connectivity index (χ1v) is 10.3. The number of alkyl halides is 3. The fourth-order valence-electron chi connectivity index (χ4n) is 3.78. The summed E-state index contributed by atoms with van der Waals surface area (Å²) in [5.74, 6) is -0.725. The summed E-state index contributed by atoms with van der Waals surface area (Å²) in [7, 11) is 0. The molecule has 1 heterocycles. The lowest BCUT2D eigenvalue weighted by atomic mass is 9.98. The highest BCUT2D eigenvalue weighted by atomic mass is 19.4. The maximum atomic E-state index is 13.6. The molecule has 1 fully saturated rings. The summed E-state index contributed by atoms with van der Waals surface area (Å²) in [5.41, 5.74) is 1.22. The van der Waals surface area contributed by atoms with E-state index in [-0.39, 0.29) is 12.2 Å². The zero-order chi connectivity index (χ0) is 23.4. The maximum Gasteiger partial charge on any atom is 0.417 e. The molecule has 0 radical (unpaired) electrons. The summed E-state index contributed by atoms with van der Waals surface area (Å²) >= 11 is 0. The summed E-state index contributed by atoms with van der Waals surface area (Å²) in [6.07, 6.45) is -2.92. The molecule has 4 nitrogen and oxygen atoms in total. The Bertz CT molecular complexity index is 1170. The van der Waals surface area contributed by atoms with Crippen molar-refractivity contribution in [2.24, 2.45) is 0 Å². The molecule has 4 rings (SSSR count). The third-order valence-corrected chi connectivity index (χ3v) is 5.38. The second-order valence-electron chi connectivity index (χ2n) is 7.63. The molecular formula is C26H20F3NO3. The van der Waals surface area contributed by atoms with Gasteiger partial charge in [-0.25, -0.2) is 9.69 Å². The van der Waals surface area contributed by atoms with Crippen molar-refractivity contribution >= 4 is 18.1 Å². The van der Waals surface area contributed by atoms with Crippen molar-refractivity contribution < 1.29 is 27.5 Å². The van der Waals surface area contributed by atoms with Gasteiger partial charge in [-0.05, 0) is 46.9 Å². The van der Waals surface area contributed by atoms with Crippen molar-refractivity contribution in [2.45, 2.75) is 18.6 Å². The largest absolute Gasteiger partial charge is 0.447 e. The molecule has 7 heteroatoms. The van der Waals surface area contributed by atoms with Crippen LogP contribution in [0, 0.1) is 0 Å². The van der Waals surface area contributed by atoms with Gasteiger partial charge in [-0.1, -0.05) is 66.7 Å². The minimum Gasteiger partial charge on any atom is -0.447 e. The molecule has 1 saturated heterocycles. The molecule has 1 aliphatic rings. The van der Waals surface area contributed by atoms with Crippen LogP contribution in [0.25, 0.3) is 17.2 Å². The van der Waals surface area contributed by atoms with E-state index in [1.54, 1.807) is 24.3 Å². The summed E-state index contributed by atoms with van der Waals surface area (Å²) in [4.78, 5) is 25.9. The molecule has 3 aromatic carbocycles. The molecule has 1 unspecified atom stereocenters. The van der Waals surface area contributed by atoms with Crippen LogP contribution in [0.3, 0.4) is 0 Å². The van der Waals surface area contributed by atoms with Gasteiger partial charge in [-0.3, -0.25) is 4.79 Å². The van der Waals surface area contributed by atoms with Crippen LogP contribution in [0.4, 0.5) is 18.0 Å². The minimum absolute atomic E-state index is 0.0323. The highest BCUT2D eigenvalue weighted by Gasteiger charge is 2.37. The van der Waals surface area contributed by atoms with E-state index in [4.69, 9.17) is 4.74 Å². The summed E-state index contributed by atoms with van der Waals surface area (Å²) in [5, 5.41) is 0. The number of amides is 2. The van der Waals surface area contributed by atoms with Crippen molar-refractivity contribution in [2.75, 3.05) is 6.61 Å². The number of carbonyl (C=O) groups is 2. The van der Waals surface area contributed by atoms with Crippen LogP contribution in [0.5, 0.6) is 0 Å². The van der Waals surface area contributed by atoms with Crippen LogP contribution in [0.2, 0.25) is 0 Å². The first kappa shape index (κ1) is 22.3. The van der Waals surface area contributed by atoms with Gasteiger partial charge in [0.15, 0.2) is 0 Å². The molecule has 1 aliphatic heterocycles. The lowest BCUT2D eigenvalue weighted by Crippen LogP contribution is -2.39. The lowest BCUT2D eigenvalue weighted by Gasteiger charge is -2.18. The Morgan fingerprint density at radius 1 is 0.970 bits per heavy atom. The van der Waals surface area contributed by atoms with Crippen molar-refractivity contribution in [1.82, 2.24) is 4.90 Å². The first-order valence-electron chi connectivity index (χ1n) is 10.3. The summed E-state index contributed by atoms with van der Waals surface area (Å²) in [6.45, 7) is 0.0323. The Hall–Kier alpha value is -3.87. The van der Waals surface area contributed by atoms with Gasteiger partial charge in [-0.2, -0.15) is 13.2 Å². The zero-order valence-corrected chi connectivity index (χ0v) is 17.5.